The Labute approximate surface area is 177 Å². The third kappa shape index (κ3) is 3.71. The normalized spacial score (nSPS) is 11.0. The maximum Gasteiger partial charge on any atom is 0.350 e. The van der Waals surface area contributed by atoms with Crippen LogP contribution in [0.5, 0.6) is 0 Å². The van der Waals surface area contributed by atoms with Crippen molar-refractivity contribution < 1.29 is 9.53 Å². The number of hydrogen-bond donors (Lipinski definition) is 1. The first-order chi connectivity index (χ1) is 14.1. The first kappa shape index (κ1) is 19.4. The van der Waals surface area contributed by atoms with Crippen LogP contribution in [0.15, 0.2) is 60.7 Å². The molecule has 4 aromatic rings. The van der Waals surface area contributed by atoms with E-state index < -0.39 is 5.97 Å². The lowest BCUT2D eigenvalue weighted by molar-refractivity contribution is 0.0512. The Morgan fingerprint density at radius 1 is 1.10 bits per heavy atom. The SMILES string of the molecule is CCCOC(=O)c1sc2nc(-c3ccccc3)cc(-c3ccccc3Cl)c2c1N. The van der Waals surface area contributed by atoms with Crippen molar-refractivity contribution in [1.82, 2.24) is 4.98 Å². The number of nitrogen functional groups attached to an aromatic ring is 1. The fourth-order valence-corrected chi connectivity index (χ4v) is 4.43. The van der Waals surface area contributed by atoms with Gasteiger partial charge < -0.3 is 10.5 Å². The van der Waals surface area contributed by atoms with Gasteiger partial charge in [0.2, 0.25) is 0 Å². The molecule has 0 fully saturated rings. The minimum absolute atomic E-state index is 0.354. The molecule has 4 nitrogen and oxygen atoms in total. The van der Waals surface area contributed by atoms with Gasteiger partial charge in [-0.1, -0.05) is 67.1 Å². The van der Waals surface area contributed by atoms with E-state index in [0.29, 0.717) is 27.0 Å². The number of carbonyl (C=O) groups excluding carboxylic acids is 1. The van der Waals surface area contributed by atoms with Crippen molar-refractivity contribution in [2.75, 3.05) is 12.3 Å². The summed E-state index contributed by atoms with van der Waals surface area (Å²) in [7, 11) is 0. The van der Waals surface area contributed by atoms with Crippen LogP contribution in [0.1, 0.15) is 23.0 Å². The highest BCUT2D eigenvalue weighted by atomic mass is 35.5. The number of ether oxygens (including phenoxy) is 1. The van der Waals surface area contributed by atoms with Gasteiger partial charge in [-0.3, -0.25) is 0 Å². The molecule has 0 atom stereocenters. The molecule has 2 N–H and O–H groups in total. The molecule has 2 heterocycles. The lowest BCUT2D eigenvalue weighted by Gasteiger charge is -2.10. The Bertz CT molecular complexity index is 1190. The van der Waals surface area contributed by atoms with Crippen molar-refractivity contribution >= 4 is 44.8 Å². The van der Waals surface area contributed by atoms with Gasteiger partial charge in [-0.25, -0.2) is 9.78 Å². The molecule has 0 saturated carbocycles. The van der Waals surface area contributed by atoms with Crippen LogP contribution >= 0.6 is 22.9 Å². The summed E-state index contributed by atoms with van der Waals surface area (Å²) in [6, 6.07) is 19.4. The Balaban J connectivity index is 1.98. The lowest BCUT2D eigenvalue weighted by atomic mass is 9.99. The number of hydrogen-bond acceptors (Lipinski definition) is 5. The maximum atomic E-state index is 12.5. The molecule has 0 unspecified atom stereocenters. The molecule has 0 aliphatic heterocycles. The molecule has 0 aliphatic carbocycles. The molecule has 4 rings (SSSR count). The van der Waals surface area contributed by atoms with E-state index in [0.717, 1.165) is 34.2 Å². The molecular formula is C23H19ClN2O2S. The van der Waals surface area contributed by atoms with Crippen molar-refractivity contribution in [2.45, 2.75) is 13.3 Å². The van der Waals surface area contributed by atoms with Crippen molar-refractivity contribution in [1.29, 1.82) is 0 Å². The molecule has 0 aliphatic rings. The number of rotatable bonds is 5. The second-order valence-electron chi connectivity index (χ2n) is 6.56. The second kappa shape index (κ2) is 8.23. The van der Waals surface area contributed by atoms with E-state index in [9.17, 15) is 4.79 Å². The highest BCUT2D eigenvalue weighted by Crippen LogP contribution is 2.43. The van der Waals surface area contributed by atoms with Crippen LogP contribution in [0.3, 0.4) is 0 Å². The Hall–Kier alpha value is -2.89. The number of halogens is 1. The number of pyridine rings is 1. The monoisotopic (exact) mass is 422 g/mol. The van der Waals surface area contributed by atoms with Crippen molar-refractivity contribution in [3.63, 3.8) is 0 Å². The average Bonchev–Trinajstić information content (AvgIpc) is 3.09. The van der Waals surface area contributed by atoms with Gasteiger partial charge in [-0.15, -0.1) is 11.3 Å². The summed E-state index contributed by atoms with van der Waals surface area (Å²) in [5.41, 5.74) is 10.3. The van der Waals surface area contributed by atoms with Crippen LogP contribution in [0.25, 0.3) is 32.6 Å². The Kier molecular flexibility index (Phi) is 5.51. The van der Waals surface area contributed by atoms with Crippen molar-refractivity contribution in [2.24, 2.45) is 0 Å². The first-order valence-electron chi connectivity index (χ1n) is 9.30. The second-order valence-corrected chi connectivity index (χ2v) is 7.97. The lowest BCUT2D eigenvalue weighted by Crippen LogP contribution is -2.06. The van der Waals surface area contributed by atoms with Crippen molar-refractivity contribution in [3.8, 4) is 22.4 Å². The number of thiophene rings is 1. The fraction of sp³-hybridized carbons (Fsp3) is 0.130. The van der Waals surface area contributed by atoms with E-state index in [4.69, 9.17) is 27.1 Å². The summed E-state index contributed by atoms with van der Waals surface area (Å²) < 4.78 is 5.31. The Morgan fingerprint density at radius 3 is 2.55 bits per heavy atom. The van der Waals surface area contributed by atoms with Gasteiger partial charge in [0.05, 0.1) is 18.0 Å². The summed E-state index contributed by atoms with van der Waals surface area (Å²) in [5.74, 6) is -0.418. The molecule has 2 aromatic carbocycles. The molecule has 29 heavy (non-hydrogen) atoms. The molecule has 2 aromatic heterocycles. The quantitative estimate of drug-likeness (QED) is 0.376. The van der Waals surface area contributed by atoms with Gasteiger partial charge in [0, 0.05) is 21.5 Å². The van der Waals surface area contributed by atoms with Crippen LogP contribution in [0.2, 0.25) is 5.02 Å². The number of nitrogens with zero attached hydrogens (tertiary/aromatic N) is 1. The highest BCUT2D eigenvalue weighted by molar-refractivity contribution is 7.21. The molecule has 146 valence electrons. The molecule has 0 spiro atoms. The van der Waals surface area contributed by atoms with Crippen LogP contribution in [0, 0.1) is 0 Å². The summed E-state index contributed by atoms with van der Waals surface area (Å²) in [6.45, 7) is 2.30. The van der Waals surface area contributed by atoms with E-state index in [2.05, 4.69) is 0 Å². The maximum absolute atomic E-state index is 12.5. The van der Waals surface area contributed by atoms with Crippen molar-refractivity contribution in [3.05, 3.63) is 70.6 Å². The van der Waals surface area contributed by atoms with Crippen LogP contribution < -0.4 is 5.73 Å². The average molecular weight is 423 g/mol. The topological polar surface area (TPSA) is 65.2 Å². The molecular weight excluding hydrogens is 404 g/mol. The summed E-state index contributed by atoms with van der Waals surface area (Å²) in [6.07, 6.45) is 0.748. The number of carbonyl (C=O) groups is 1. The smallest absolute Gasteiger partial charge is 0.350 e. The van der Waals surface area contributed by atoms with Gasteiger partial charge >= 0.3 is 5.97 Å². The molecule has 6 heteroatoms. The van der Waals surface area contributed by atoms with Crippen LogP contribution in [0.4, 0.5) is 5.69 Å². The third-order valence-corrected chi connectivity index (χ3v) is 5.96. The van der Waals surface area contributed by atoms with E-state index in [-0.39, 0.29) is 0 Å². The van der Waals surface area contributed by atoms with Gasteiger partial charge in [0.1, 0.15) is 9.71 Å². The summed E-state index contributed by atoms with van der Waals surface area (Å²) in [4.78, 5) is 18.4. The number of benzene rings is 2. The zero-order chi connectivity index (χ0) is 20.4. The number of aromatic nitrogens is 1. The number of fused-ring (bicyclic) bond motifs is 1. The minimum atomic E-state index is -0.418. The van der Waals surface area contributed by atoms with Crippen LogP contribution in [-0.2, 0) is 4.74 Å². The zero-order valence-electron chi connectivity index (χ0n) is 15.8. The molecule has 0 bridgehead atoms. The first-order valence-corrected chi connectivity index (χ1v) is 10.5. The summed E-state index contributed by atoms with van der Waals surface area (Å²) >= 11 is 7.75. The van der Waals surface area contributed by atoms with E-state index >= 15 is 0 Å². The fourth-order valence-electron chi connectivity index (χ4n) is 3.18. The molecule has 0 amide bonds. The van der Waals surface area contributed by atoms with Gasteiger partial charge in [0.25, 0.3) is 0 Å². The third-order valence-electron chi connectivity index (χ3n) is 4.56. The predicted molar refractivity (Wildman–Crippen MR) is 120 cm³/mol. The Morgan fingerprint density at radius 2 is 1.83 bits per heavy atom. The zero-order valence-corrected chi connectivity index (χ0v) is 17.4. The summed E-state index contributed by atoms with van der Waals surface area (Å²) in [5, 5.41) is 1.34. The number of anilines is 1. The van der Waals surface area contributed by atoms with Crippen LogP contribution in [-0.4, -0.2) is 17.6 Å². The van der Waals surface area contributed by atoms with Gasteiger partial charge in [-0.2, -0.15) is 0 Å². The standard InChI is InChI=1S/C23H19ClN2O2S/c1-2-12-28-23(27)21-20(25)19-16(15-10-6-7-11-17(15)24)13-18(26-22(19)29-21)14-8-4-3-5-9-14/h3-11,13H,2,12,25H2,1H3. The highest BCUT2D eigenvalue weighted by Gasteiger charge is 2.23. The molecule has 0 radical (unpaired) electrons. The van der Waals surface area contributed by atoms with Gasteiger partial charge in [0.15, 0.2) is 0 Å². The predicted octanol–water partition coefficient (Wildman–Crippen LogP) is 6.43. The van der Waals surface area contributed by atoms with E-state index in [1.54, 1.807) is 0 Å². The van der Waals surface area contributed by atoms with E-state index in [1.807, 2.05) is 67.6 Å². The molecule has 0 saturated heterocycles. The number of esters is 1. The number of nitrogens with two attached hydrogens (primary N) is 1. The van der Waals surface area contributed by atoms with E-state index in [1.165, 1.54) is 11.3 Å². The largest absolute Gasteiger partial charge is 0.461 e. The van der Waals surface area contributed by atoms with Gasteiger partial charge in [-0.05, 0) is 24.1 Å². The minimum Gasteiger partial charge on any atom is -0.461 e.